The summed E-state index contributed by atoms with van der Waals surface area (Å²) in [5.41, 5.74) is -0.240. The number of nitrogens with zero attached hydrogens (tertiary/aromatic N) is 3. The highest BCUT2D eigenvalue weighted by molar-refractivity contribution is 5.13. The van der Waals surface area contributed by atoms with E-state index in [4.69, 9.17) is 0 Å². The van der Waals surface area contributed by atoms with Crippen LogP contribution in [-0.2, 0) is 0 Å². The molecule has 1 saturated heterocycles. The minimum Gasteiger partial charge on any atom is -0.302 e. The van der Waals surface area contributed by atoms with E-state index < -0.39 is 0 Å². The lowest BCUT2D eigenvalue weighted by Crippen LogP contribution is -2.49. The van der Waals surface area contributed by atoms with Crippen molar-refractivity contribution in [3.05, 3.63) is 0 Å². The summed E-state index contributed by atoms with van der Waals surface area (Å²) in [6.07, 6.45) is 7.48. The maximum atomic E-state index is 9.49. The average molecular weight is 276 g/mol. The summed E-state index contributed by atoms with van der Waals surface area (Å²) in [5, 5.41) is 12.8. The number of piperazine rings is 1. The Bertz CT molecular complexity index is 365. The average Bonchev–Trinajstić information content (AvgIpc) is 3.26. The number of hydrogen-bond acceptors (Lipinski definition) is 4. The number of rotatable bonds is 5. The van der Waals surface area contributed by atoms with E-state index in [2.05, 4.69) is 21.2 Å². The molecule has 0 radical (unpaired) electrons. The van der Waals surface area contributed by atoms with Crippen molar-refractivity contribution in [2.45, 2.75) is 50.1 Å². The minimum absolute atomic E-state index is 0.240. The van der Waals surface area contributed by atoms with Crippen LogP contribution in [-0.4, -0.2) is 61.2 Å². The van der Waals surface area contributed by atoms with E-state index in [1.807, 2.05) is 7.05 Å². The standard InChI is InChI=1S/C16H28N4/c1-18-16(13-17)7-2-3-14(16)6-8-19-9-11-20(12-10-19)15-4-5-15/h14-15,18H,2-12H2,1H3. The van der Waals surface area contributed by atoms with Gasteiger partial charge in [-0.1, -0.05) is 6.42 Å². The molecule has 20 heavy (non-hydrogen) atoms. The van der Waals surface area contributed by atoms with E-state index >= 15 is 0 Å². The van der Waals surface area contributed by atoms with Crippen LogP contribution in [0, 0.1) is 17.2 Å². The zero-order valence-corrected chi connectivity index (χ0v) is 12.8. The smallest absolute Gasteiger partial charge is 0.109 e. The molecule has 3 rings (SSSR count). The Morgan fingerprint density at radius 2 is 1.95 bits per heavy atom. The Morgan fingerprint density at radius 1 is 1.20 bits per heavy atom. The van der Waals surface area contributed by atoms with Gasteiger partial charge in [0.1, 0.15) is 5.54 Å². The highest BCUT2D eigenvalue weighted by atomic mass is 15.3. The third-order valence-electron chi connectivity index (χ3n) is 5.73. The molecule has 0 bridgehead atoms. The predicted molar refractivity (Wildman–Crippen MR) is 80.4 cm³/mol. The van der Waals surface area contributed by atoms with Gasteiger partial charge in [-0.15, -0.1) is 0 Å². The van der Waals surface area contributed by atoms with E-state index in [0.29, 0.717) is 5.92 Å². The molecule has 1 N–H and O–H groups in total. The largest absolute Gasteiger partial charge is 0.302 e. The number of nitrogens with one attached hydrogen (secondary N) is 1. The van der Waals surface area contributed by atoms with Crippen LogP contribution >= 0.6 is 0 Å². The SMILES string of the molecule is CNC1(C#N)CCCC1CCN1CCN(C2CC2)CC1. The van der Waals surface area contributed by atoms with Crippen molar-refractivity contribution >= 4 is 0 Å². The van der Waals surface area contributed by atoms with Crippen LogP contribution in [0.15, 0.2) is 0 Å². The molecule has 0 aromatic rings. The van der Waals surface area contributed by atoms with Gasteiger partial charge in [0, 0.05) is 32.2 Å². The molecule has 2 atom stereocenters. The lowest BCUT2D eigenvalue weighted by Gasteiger charge is -2.36. The highest BCUT2D eigenvalue weighted by Crippen LogP contribution is 2.37. The fourth-order valence-corrected chi connectivity index (χ4v) is 4.13. The molecule has 0 spiro atoms. The maximum absolute atomic E-state index is 9.49. The third-order valence-corrected chi connectivity index (χ3v) is 5.73. The van der Waals surface area contributed by atoms with Gasteiger partial charge >= 0.3 is 0 Å². The van der Waals surface area contributed by atoms with E-state index in [9.17, 15) is 5.26 Å². The van der Waals surface area contributed by atoms with Gasteiger partial charge in [-0.05, 0) is 51.6 Å². The van der Waals surface area contributed by atoms with Crippen LogP contribution in [0.3, 0.4) is 0 Å². The van der Waals surface area contributed by atoms with Gasteiger partial charge in [0.2, 0.25) is 0 Å². The molecule has 1 aliphatic heterocycles. The zero-order chi connectivity index (χ0) is 14.0. The monoisotopic (exact) mass is 276 g/mol. The summed E-state index contributed by atoms with van der Waals surface area (Å²) in [6, 6.07) is 3.48. The van der Waals surface area contributed by atoms with Gasteiger partial charge in [-0.25, -0.2) is 0 Å². The molecular formula is C16H28N4. The predicted octanol–water partition coefficient (Wildman–Crippen LogP) is 1.44. The topological polar surface area (TPSA) is 42.3 Å². The molecule has 2 unspecified atom stereocenters. The first kappa shape index (κ1) is 14.3. The quantitative estimate of drug-likeness (QED) is 0.825. The third kappa shape index (κ3) is 2.86. The first-order chi connectivity index (χ1) is 9.77. The second-order valence-electron chi connectivity index (χ2n) is 6.82. The van der Waals surface area contributed by atoms with Crippen molar-refractivity contribution in [2.75, 3.05) is 39.8 Å². The van der Waals surface area contributed by atoms with Crippen LogP contribution in [0.25, 0.3) is 0 Å². The van der Waals surface area contributed by atoms with E-state index in [0.717, 1.165) is 12.5 Å². The molecule has 0 aromatic heterocycles. The zero-order valence-electron chi connectivity index (χ0n) is 12.8. The summed E-state index contributed by atoms with van der Waals surface area (Å²) < 4.78 is 0. The first-order valence-corrected chi connectivity index (χ1v) is 8.34. The maximum Gasteiger partial charge on any atom is 0.109 e. The number of hydrogen-bond donors (Lipinski definition) is 1. The molecule has 3 fully saturated rings. The van der Waals surface area contributed by atoms with Gasteiger partial charge in [0.15, 0.2) is 0 Å². The molecule has 1 heterocycles. The molecule has 4 nitrogen and oxygen atoms in total. The Balaban J connectivity index is 1.44. The lowest BCUT2D eigenvalue weighted by atomic mass is 9.86. The van der Waals surface area contributed by atoms with Crippen LogP contribution in [0.2, 0.25) is 0 Å². The van der Waals surface area contributed by atoms with Gasteiger partial charge in [0.25, 0.3) is 0 Å². The van der Waals surface area contributed by atoms with Crippen molar-refractivity contribution in [3.63, 3.8) is 0 Å². The van der Waals surface area contributed by atoms with Crippen LogP contribution < -0.4 is 5.32 Å². The number of nitriles is 1. The molecule has 112 valence electrons. The normalized spacial score (nSPS) is 36.1. The van der Waals surface area contributed by atoms with E-state index in [1.165, 1.54) is 64.8 Å². The van der Waals surface area contributed by atoms with Gasteiger partial charge < -0.3 is 10.2 Å². The van der Waals surface area contributed by atoms with E-state index in [1.54, 1.807) is 0 Å². The molecule has 2 saturated carbocycles. The fraction of sp³-hybridized carbons (Fsp3) is 0.938. The van der Waals surface area contributed by atoms with Crippen molar-refractivity contribution in [2.24, 2.45) is 5.92 Å². The lowest BCUT2D eigenvalue weighted by molar-refractivity contribution is 0.118. The Kier molecular flexibility index (Phi) is 4.30. The Labute approximate surface area is 123 Å². The molecule has 2 aliphatic carbocycles. The highest BCUT2D eigenvalue weighted by Gasteiger charge is 2.41. The van der Waals surface area contributed by atoms with Crippen LogP contribution in [0.5, 0.6) is 0 Å². The molecule has 0 aromatic carbocycles. The summed E-state index contributed by atoms with van der Waals surface area (Å²) in [5.74, 6) is 0.541. The van der Waals surface area contributed by atoms with Crippen LogP contribution in [0.4, 0.5) is 0 Å². The van der Waals surface area contributed by atoms with E-state index in [-0.39, 0.29) is 5.54 Å². The van der Waals surface area contributed by atoms with Crippen molar-refractivity contribution in [1.82, 2.24) is 15.1 Å². The van der Waals surface area contributed by atoms with Crippen molar-refractivity contribution in [3.8, 4) is 6.07 Å². The Hall–Kier alpha value is -0.630. The summed E-state index contributed by atoms with van der Waals surface area (Å²) in [6.45, 7) is 6.13. The van der Waals surface area contributed by atoms with Gasteiger partial charge in [-0.3, -0.25) is 4.90 Å². The van der Waals surface area contributed by atoms with Gasteiger partial charge in [0.05, 0.1) is 6.07 Å². The molecule has 4 heteroatoms. The Morgan fingerprint density at radius 3 is 2.55 bits per heavy atom. The van der Waals surface area contributed by atoms with Crippen molar-refractivity contribution < 1.29 is 0 Å². The summed E-state index contributed by atoms with van der Waals surface area (Å²) in [4.78, 5) is 5.27. The first-order valence-electron chi connectivity index (χ1n) is 8.34. The van der Waals surface area contributed by atoms with Crippen molar-refractivity contribution in [1.29, 1.82) is 5.26 Å². The molecular weight excluding hydrogens is 248 g/mol. The summed E-state index contributed by atoms with van der Waals surface area (Å²) >= 11 is 0. The fourth-order valence-electron chi connectivity index (χ4n) is 4.13. The van der Waals surface area contributed by atoms with Crippen LogP contribution in [0.1, 0.15) is 38.5 Å². The van der Waals surface area contributed by atoms with Gasteiger partial charge in [-0.2, -0.15) is 5.26 Å². The minimum atomic E-state index is -0.240. The molecule has 0 amide bonds. The molecule has 3 aliphatic rings. The second kappa shape index (κ2) is 6.01. The second-order valence-corrected chi connectivity index (χ2v) is 6.82. The summed E-state index contributed by atoms with van der Waals surface area (Å²) in [7, 11) is 1.95.